The predicted molar refractivity (Wildman–Crippen MR) is 91.1 cm³/mol. The molecule has 132 valence electrons. The zero-order valence-electron chi connectivity index (χ0n) is 13.8. The van der Waals surface area contributed by atoms with Crippen LogP contribution in [-0.2, 0) is 20.9 Å². The number of alkyl halides is 1. The maximum atomic E-state index is 12.2. The van der Waals surface area contributed by atoms with Crippen molar-refractivity contribution in [2.75, 3.05) is 25.7 Å². The third-order valence-electron chi connectivity index (χ3n) is 3.65. The summed E-state index contributed by atoms with van der Waals surface area (Å²) in [6, 6.07) is 3.31. The standard InChI is InChI=1S/C17H21BrO6/c1-11-17(20)13-8-15(14(21-2)7-12(13)9-23-11)24-10-16(19)22-6-4-3-5-18/h7-8,11H,3-6,9-10H2,1-2H3. The van der Waals surface area contributed by atoms with Gasteiger partial charge in [-0.3, -0.25) is 4.79 Å². The van der Waals surface area contributed by atoms with Crippen LogP contribution in [0.4, 0.5) is 0 Å². The highest BCUT2D eigenvalue weighted by Crippen LogP contribution is 2.34. The van der Waals surface area contributed by atoms with E-state index < -0.39 is 12.1 Å². The van der Waals surface area contributed by atoms with Crippen LogP contribution in [0.25, 0.3) is 0 Å². The van der Waals surface area contributed by atoms with Gasteiger partial charge in [0.25, 0.3) is 0 Å². The minimum atomic E-state index is -0.488. The van der Waals surface area contributed by atoms with Gasteiger partial charge >= 0.3 is 5.97 Å². The number of halogens is 1. The number of Topliss-reactive ketones (excluding diaryl/α,β-unsaturated/α-hetero) is 1. The number of esters is 1. The van der Waals surface area contributed by atoms with E-state index in [1.165, 1.54) is 7.11 Å². The number of ketones is 1. The molecule has 1 atom stereocenters. The fourth-order valence-corrected chi connectivity index (χ4v) is 2.69. The summed E-state index contributed by atoms with van der Waals surface area (Å²) < 4.78 is 21.2. The van der Waals surface area contributed by atoms with Crippen molar-refractivity contribution in [2.45, 2.75) is 32.5 Å². The number of carbonyl (C=O) groups excluding carboxylic acids is 2. The molecular formula is C17H21BrO6. The Kier molecular flexibility index (Phi) is 7.05. The quantitative estimate of drug-likeness (QED) is 0.379. The predicted octanol–water partition coefficient (Wildman–Crippen LogP) is 2.89. The molecule has 0 N–H and O–H groups in total. The number of fused-ring (bicyclic) bond motifs is 1. The Bertz CT molecular complexity index is 601. The van der Waals surface area contributed by atoms with E-state index >= 15 is 0 Å². The Morgan fingerprint density at radius 2 is 2.12 bits per heavy atom. The summed E-state index contributed by atoms with van der Waals surface area (Å²) in [5, 5.41) is 0.879. The van der Waals surface area contributed by atoms with E-state index in [0.717, 1.165) is 23.7 Å². The molecule has 0 amide bonds. The molecular weight excluding hydrogens is 380 g/mol. The van der Waals surface area contributed by atoms with Crippen LogP contribution in [0, 0.1) is 0 Å². The minimum Gasteiger partial charge on any atom is -0.493 e. The van der Waals surface area contributed by atoms with Crippen LogP contribution in [0.2, 0.25) is 0 Å². The number of methoxy groups -OCH3 is 1. The lowest BCUT2D eigenvalue weighted by Crippen LogP contribution is -2.27. The maximum Gasteiger partial charge on any atom is 0.344 e. The van der Waals surface area contributed by atoms with Crippen molar-refractivity contribution < 1.29 is 28.5 Å². The van der Waals surface area contributed by atoms with Crippen LogP contribution < -0.4 is 9.47 Å². The number of hydrogen-bond acceptors (Lipinski definition) is 6. The molecule has 0 saturated heterocycles. The molecule has 1 aromatic carbocycles. The monoisotopic (exact) mass is 400 g/mol. The number of benzene rings is 1. The highest BCUT2D eigenvalue weighted by molar-refractivity contribution is 9.09. The average molecular weight is 401 g/mol. The second-order valence-corrected chi connectivity index (χ2v) is 6.18. The molecule has 0 saturated carbocycles. The Morgan fingerprint density at radius 1 is 1.33 bits per heavy atom. The van der Waals surface area contributed by atoms with Crippen LogP contribution in [0.15, 0.2) is 12.1 Å². The lowest BCUT2D eigenvalue weighted by atomic mass is 9.97. The summed E-state index contributed by atoms with van der Waals surface area (Å²) in [4.78, 5) is 23.9. The Labute approximate surface area is 149 Å². The van der Waals surface area contributed by atoms with Gasteiger partial charge in [0.05, 0.1) is 20.3 Å². The van der Waals surface area contributed by atoms with E-state index in [9.17, 15) is 9.59 Å². The van der Waals surface area contributed by atoms with Gasteiger partial charge in [0.15, 0.2) is 23.9 Å². The number of hydrogen-bond donors (Lipinski definition) is 0. The van der Waals surface area contributed by atoms with Gasteiger partial charge in [-0.25, -0.2) is 4.79 Å². The highest BCUT2D eigenvalue weighted by atomic mass is 79.9. The second-order valence-electron chi connectivity index (χ2n) is 5.38. The van der Waals surface area contributed by atoms with Gasteiger partial charge in [-0.2, -0.15) is 0 Å². The number of rotatable bonds is 8. The molecule has 0 radical (unpaired) electrons. The molecule has 0 bridgehead atoms. The van der Waals surface area contributed by atoms with Gasteiger partial charge in [0.1, 0.15) is 6.10 Å². The molecule has 0 fully saturated rings. The Balaban J connectivity index is 2.02. The topological polar surface area (TPSA) is 71.1 Å². The van der Waals surface area contributed by atoms with E-state index in [0.29, 0.717) is 30.3 Å². The fourth-order valence-electron chi connectivity index (χ4n) is 2.29. The van der Waals surface area contributed by atoms with Crippen LogP contribution >= 0.6 is 15.9 Å². The smallest absolute Gasteiger partial charge is 0.344 e. The van der Waals surface area contributed by atoms with Gasteiger partial charge in [0.2, 0.25) is 0 Å². The van der Waals surface area contributed by atoms with Crippen molar-refractivity contribution in [1.82, 2.24) is 0 Å². The summed E-state index contributed by atoms with van der Waals surface area (Å²) in [5.41, 5.74) is 1.29. The molecule has 1 aliphatic rings. The van der Waals surface area contributed by atoms with Crippen molar-refractivity contribution in [3.63, 3.8) is 0 Å². The van der Waals surface area contributed by atoms with Crippen LogP contribution in [-0.4, -0.2) is 43.5 Å². The SMILES string of the molecule is COc1cc2c(cc1OCC(=O)OCCCCBr)C(=O)C(C)OC2. The zero-order valence-corrected chi connectivity index (χ0v) is 15.4. The summed E-state index contributed by atoms with van der Waals surface area (Å²) in [5.74, 6) is 0.233. The first kappa shape index (κ1) is 18.7. The molecule has 0 aromatic heterocycles. The Hall–Kier alpha value is -1.60. The maximum absolute atomic E-state index is 12.2. The van der Waals surface area contributed by atoms with Gasteiger partial charge < -0.3 is 18.9 Å². The summed E-state index contributed by atoms with van der Waals surface area (Å²) >= 11 is 3.32. The van der Waals surface area contributed by atoms with Crippen LogP contribution in [0.1, 0.15) is 35.7 Å². The third-order valence-corrected chi connectivity index (χ3v) is 4.21. The molecule has 0 spiro atoms. The molecule has 7 heteroatoms. The fraction of sp³-hybridized carbons (Fsp3) is 0.529. The molecule has 1 heterocycles. The summed E-state index contributed by atoms with van der Waals surface area (Å²) in [6.07, 6.45) is 1.25. The van der Waals surface area contributed by atoms with Crippen molar-refractivity contribution in [3.8, 4) is 11.5 Å². The first-order valence-corrected chi connectivity index (χ1v) is 8.90. The molecule has 1 unspecified atom stereocenters. The van der Waals surface area contributed by atoms with Crippen LogP contribution in [0.3, 0.4) is 0 Å². The van der Waals surface area contributed by atoms with Crippen molar-refractivity contribution in [3.05, 3.63) is 23.3 Å². The number of carbonyl (C=O) groups is 2. The highest BCUT2D eigenvalue weighted by Gasteiger charge is 2.27. The van der Waals surface area contributed by atoms with Crippen molar-refractivity contribution in [1.29, 1.82) is 0 Å². The third kappa shape index (κ3) is 4.70. The van der Waals surface area contributed by atoms with E-state index in [1.54, 1.807) is 19.1 Å². The first-order chi connectivity index (χ1) is 11.6. The van der Waals surface area contributed by atoms with Crippen molar-refractivity contribution in [2.24, 2.45) is 0 Å². The van der Waals surface area contributed by atoms with E-state index in [1.807, 2.05) is 0 Å². The Morgan fingerprint density at radius 3 is 2.83 bits per heavy atom. The molecule has 0 aliphatic carbocycles. The molecule has 1 aromatic rings. The summed E-state index contributed by atoms with van der Waals surface area (Å²) in [7, 11) is 1.50. The summed E-state index contributed by atoms with van der Waals surface area (Å²) in [6.45, 7) is 2.18. The van der Waals surface area contributed by atoms with Gasteiger partial charge in [-0.15, -0.1) is 0 Å². The average Bonchev–Trinajstić information content (AvgIpc) is 2.59. The molecule has 1 aliphatic heterocycles. The number of unbranched alkanes of at least 4 members (excludes halogenated alkanes) is 1. The first-order valence-electron chi connectivity index (χ1n) is 7.78. The lowest BCUT2D eigenvalue weighted by Gasteiger charge is -2.22. The van der Waals surface area contributed by atoms with Crippen molar-refractivity contribution >= 4 is 27.7 Å². The van der Waals surface area contributed by atoms with E-state index in [4.69, 9.17) is 18.9 Å². The molecule has 6 nitrogen and oxygen atoms in total. The van der Waals surface area contributed by atoms with E-state index in [2.05, 4.69) is 15.9 Å². The number of ether oxygens (including phenoxy) is 4. The normalized spacial score (nSPS) is 16.5. The molecule has 2 rings (SSSR count). The lowest BCUT2D eigenvalue weighted by molar-refractivity contribution is -0.146. The zero-order chi connectivity index (χ0) is 17.5. The van der Waals surface area contributed by atoms with Crippen LogP contribution in [0.5, 0.6) is 11.5 Å². The molecule has 24 heavy (non-hydrogen) atoms. The largest absolute Gasteiger partial charge is 0.493 e. The van der Waals surface area contributed by atoms with Gasteiger partial charge in [-0.05, 0) is 37.5 Å². The minimum absolute atomic E-state index is 0.110. The van der Waals surface area contributed by atoms with Gasteiger partial charge in [-0.1, -0.05) is 15.9 Å². The van der Waals surface area contributed by atoms with Gasteiger partial charge in [0, 0.05) is 10.9 Å². The van der Waals surface area contributed by atoms with E-state index in [-0.39, 0.29) is 12.4 Å². The second kappa shape index (κ2) is 9.03.